The van der Waals surface area contributed by atoms with Gasteiger partial charge in [-0.1, -0.05) is 158 Å². The molecule has 0 saturated carbocycles. The topological polar surface area (TPSA) is 21.7 Å². The summed E-state index contributed by atoms with van der Waals surface area (Å²) in [5.41, 5.74) is 12.4. The van der Waals surface area contributed by atoms with Crippen LogP contribution in [0, 0.1) is 0 Å². The molecule has 3 nitrogen and oxygen atoms in total. The molecule has 0 unspecified atom stereocenters. The number of benzene rings is 9. The number of fused-ring (bicyclic) bond motifs is 1. The largest absolute Gasteiger partial charge is 0.453 e. The minimum Gasteiger partial charge on any atom is -0.453 e. The Labute approximate surface area is 320 Å². The van der Waals surface area contributed by atoms with Gasteiger partial charge >= 0.3 is 0 Å². The molecule has 10 rings (SSSR count). The van der Waals surface area contributed by atoms with E-state index in [4.69, 9.17) is 9.47 Å². The molecule has 0 N–H and O–H groups in total. The Hall–Kier alpha value is -7.36. The Morgan fingerprint density at radius 2 is 0.673 bits per heavy atom. The summed E-state index contributed by atoms with van der Waals surface area (Å²) in [6.07, 6.45) is 0. The zero-order valence-corrected chi connectivity index (χ0v) is 30.0. The van der Waals surface area contributed by atoms with E-state index in [2.05, 4.69) is 181 Å². The molecule has 0 saturated heterocycles. The van der Waals surface area contributed by atoms with Crippen LogP contribution in [0.15, 0.2) is 212 Å². The van der Waals surface area contributed by atoms with Crippen LogP contribution in [0.5, 0.6) is 23.0 Å². The van der Waals surface area contributed by atoms with Gasteiger partial charge in [0, 0.05) is 22.6 Å². The monoisotopic (exact) mass is 705 g/mol. The Morgan fingerprint density at radius 1 is 0.273 bits per heavy atom. The third kappa shape index (κ3) is 6.18. The summed E-state index contributed by atoms with van der Waals surface area (Å²) in [4.78, 5) is 2.30. The normalized spacial score (nSPS) is 11.6. The van der Waals surface area contributed by atoms with E-state index in [0.717, 1.165) is 67.3 Å². The van der Waals surface area contributed by atoms with Crippen molar-refractivity contribution in [1.82, 2.24) is 0 Å². The lowest BCUT2D eigenvalue weighted by Crippen LogP contribution is -2.09. The molecule has 1 heterocycles. The summed E-state index contributed by atoms with van der Waals surface area (Å²) in [6, 6.07) is 74.5. The predicted molar refractivity (Wildman–Crippen MR) is 227 cm³/mol. The van der Waals surface area contributed by atoms with Crippen molar-refractivity contribution in [1.29, 1.82) is 0 Å². The molecule has 0 fully saturated rings. The first kappa shape index (κ1) is 32.3. The Morgan fingerprint density at radius 3 is 1.22 bits per heavy atom. The highest BCUT2D eigenvalue weighted by Gasteiger charge is 2.22. The Kier molecular flexibility index (Phi) is 8.16. The van der Waals surface area contributed by atoms with Gasteiger partial charge in [-0.3, -0.25) is 0 Å². The lowest BCUT2D eigenvalue weighted by atomic mass is 9.99. The highest BCUT2D eigenvalue weighted by atomic mass is 16.5. The first-order chi connectivity index (χ1) is 27.2. The van der Waals surface area contributed by atoms with Gasteiger partial charge in [0.1, 0.15) is 11.5 Å². The lowest BCUT2D eigenvalue weighted by Gasteiger charge is -2.26. The highest BCUT2D eigenvalue weighted by Crippen LogP contribution is 2.49. The third-order valence-electron chi connectivity index (χ3n) is 10.4. The SMILES string of the molecule is c1ccc(-c2ccc(-c3ccc(N(c4ccccc4)c4ccc(-c5ccc(-c6cccc7c6Oc6cccc8cccc(c68)O7)cc5)cc4)cc3)cc2)cc1. The smallest absolute Gasteiger partial charge is 0.177 e. The summed E-state index contributed by atoms with van der Waals surface area (Å²) >= 11 is 0. The molecule has 260 valence electrons. The van der Waals surface area contributed by atoms with E-state index in [1.807, 2.05) is 36.4 Å². The maximum Gasteiger partial charge on any atom is 0.177 e. The van der Waals surface area contributed by atoms with E-state index < -0.39 is 0 Å². The fraction of sp³-hybridized carbons (Fsp3) is 0. The van der Waals surface area contributed by atoms with Crippen LogP contribution >= 0.6 is 0 Å². The van der Waals surface area contributed by atoms with E-state index in [0.29, 0.717) is 5.75 Å². The van der Waals surface area contributed by atoms with E-state index in [1.54, 1.807) is 0 Å². The van der Waals surface area contributed by atoms with Gasteiger partial charge in [0.2, 0.25) is 0 Å². The van der Waals surface area contributed by atoms with E-state index in [9.17, 15) is 0 Å². The molecule has 9 aromatic carbocycles. The lowest BCUT2D eigenvalue weighted by molar-refractivity contribution is 0.440. The quantitative estimate of drug-likeness (QED) is 0.165. The molecule has 55 heavy (non-hydrogen) atoms. The van der Waals surface area contributed by atoms with Crippen molar-refractivity contribution in [2.75, 3.05) is 4.90 Å². The Bertz CT molecular complexity index is 2750. The van der Waals surface area contributed by atoms with Gasteiger partial charge < -0.3 is 14.4 Å². The average molecular weight is 706 g/mol. The maximum absolute atomic E-state index is 6.60. The number of hydrogen-bond acceptors (Lipinski definition) is 3. The summed E-state index contributed by atoms with van der Waals surface area (Å²) in [7, 11) is 0. The standard InChI is InChI=1S/C52H35NO2/c1-3-10-36(11-4-1)37-20-22-38(23-21-37)40-28-32-45(33-29-40)53(44-14-5-2-6-15-44)46-34-30-41(31-35-46)39-24-26-42(27-25-39)47-16-9-19-50-52(47)55-49-18-8-13-43-12-7-17-48(54-50)51(43)49/h1-35H. The van der Waals surface area contributed by atoms with Crippen LogP contribution in [0.3, 0.4) is 0 Å². The number of nitrogens with zero attached hydrogens (tertiary/aromatic N) is 1. The van der Waals surface area contributed by atoms with Gasteiger partial charge in [-0.05, 0) is 98.9 Å². The van der Waals surface area contributed by atoms with E-state index in [1.165, 1.54) is 22.3 Å². The zero-order chi connectivity index (χ0) is 36.6. The fourth-order valence-corrected chi connectivity index (χ4v) is 7.56. The number of anilines is 3. The molecule has 1 aliphatic heterocycles. The molecule has 3 heteroatoms. The van der Waals surface area contributed by atoms with Crippen LogP contribution in [-0.2, 0) is 0 Å². The number of ether oxygens (including phenoxy) is 2. The average Bonchev–Trinajstić information content (AvgIpc) is 3.43. The zero-order valence-electron chi connectivity index (χ0n) is 30.0. The first-order valence-corrected chi connectivity index (χ1v) is 18.6. The molecular weight excluding hydrogens is 671 g/mol. The van der Waals surface area contributed by atoms with Crippen LogP contribution in [0.1, 0.15) is 0 Å². The van der Waals surface area contributed by atoms with Crippen molar-refractivity contribution in [3.63, 3.8) is 0 Å². The van der Waals surface area contributed by atoms with Gasteiger partial charge in [-0.25, -0.2) is 0 Å². The summed E-state index contributed by atoms with van der Waals surface area (Å²) in [6.45, 7) is 0. The van der Waals surface area contributed by atoms with Crippen molar-refractivity contribution in [2.45, 2.75) is 0 Å². The summed E-state index contributed by atoms with van der Waals surface area (Å²) in [5, 5.41) is 2.07. The molecule has 1 aliphatic rings. The van der Waals surface area contributed by atoms with Gasteiger partial charge in [-0.15, -0.1) is 0 Å². The molecule has 0 atom stereocenters. The molecular formula is C52H35NO2. The van der Waals surface area contributed by atoms with Gasteiger partial charge in [0.25, 0.3) is 0 Å². The maximum atomic E-state index is 6.60. The summed E-state index contributed by atoms with van der Waals surface area (Å²) in [5.74, 6) is 3.02. The van der Waals surface area contributed by atoms with Gasteiger partial charge in [-0.2, -0.15) is 0 Å². The minimum atomic E-state index is 0.705. The van der Waals surface area contributed by atoms with Crippen molar-refractivity contribution in [3.8, 4) is 67.5 Å². The number of rotatable bonds is 7. The van der Waals surface area contributed by atoms with Gasteiger partial charge in [0.05, 0.1) is 5.39 Å². The third-order valence-corrected chi connectivity index (χ3v) is 10.4. The number of hydrogen-bond donors (Lipinski definition) is 0. The predicted octanol–water partition coefficient (Wildman–Crippen LogP) is 14.9. The first-order valence-electron chi connectivity index (χ1n) is 18.6. The fourth-order valence-electron chi connectivity index (χ4n) is 7.56. The second-order valence-electron chi connectivity index (χ2n) is 13.7. The van der Waals surface area contributed by atoms with Crippen molar-refractivity contribution < 1.29 is 9.47 Å². The van der Waals surface area contributed by atoms with Crippen LogP contribution in [0.2, 0.25) is 0 Å². The molecule has 0 bridgehead atoms. The minimum absolute atomic E-state index is 0.705. The molecule has 0 spiro atoms. The number of para-hydroxylation sites is 2. The molecule has 9 aromatic rings. The van der Waals surface area contributed by atoms with Crippen LogP contribution in [-0.4, -0.2) is 0 Å². The highest BCUT2D eigenvalue weighted by molar-refractivity contribution is 5.95. The summed E-state index contributed by atoms with van der Waals surface area (Å²) < 4.78 is 13.0. The second kappa shape index (κ2) is 13.9. The Balaban J connectivity index is 0.915. The van der Waals surface area contributed by atoms with E-state index >= 15 is 0 Å². The molecule has 0 radical (unpaired) electrons. The van der Waals surface area contributed by atoms with Crippen molar-refractivity contribution in [3.05, 3.63) is 212 Å². The molecule has 0 aromatic heterocycles. The van der Waals surface area contributed by atoms with Crippen LogP contribution in [0.4, 0.5) is 17.1 Å². The molecule has 0 aliphatic carbocycles. The second-order valence-corrected chi connectivity index (χ2v) is 13.7. The van der Waals surface area contributed by atoms with Crippen LogP contribution in [0.25, 0.3) is 55.3 Å². The van der Waals surface area contributed by atoms with Crippen molar-refractivity contribution >= 4 is 27.8 Å². The molecule has 0 amide bonds. The van der Waals surface area contributed by atoms with Gasteiger partial charge in [0.15, 0.2) is 11.5 Å². The van der Waals surface area contributed by atoms with Crippen LogP contribution < -0.4 is 14.4 Å². The van der Waals surface area contributed by atoms with E-state index in [-0.39, 0.29) is 0 Å². The van der Waals surface area contributed by atoms with Crippen molar-refractivity contribution in [2.24, 2.45) is 0 Å².